The molecule has 3 heteroatoms. The molecule has 0 aliphatic rings. The van der Waals surface area contributed by atoms with Gasteiger partial charge < -0.3 is 4.74 Å². The Balaban J connectivity index is 0.000000486. The van der Waals surface area contributed by atoms with Crippen LogP contribution in [0.5, 0.6) is 0 Å². The molecule has 0 fully saturated rings. The van der Waals surface area contributed by atoms with E-state index in [4.69, 9.17) is 0 Å². The van der Waals surface area contributed by atoms with Crippen molar-refractivity contribution in [1.29, 1.82) is 0 Å². The maximum atomic E-state index is 10.7. The molecule has 21 heavy (non-hydrogen) atoms. The van der Waals surface area contributed by atoms with E-state index < -0.39 is 0 Å². The van der Waals surface area contributed by atoms with Crippen molar-refractivity contribution in [2.45, 2.75) is 46.5 Å². The van der Waals surface area contributed by atoms with E-state index in [0.717, 1.165) is 36.7 Å². The fraction of sp³-hybridized carbons (Fsp3) is 0.444. The quantitative estimate of drug-likeness (QED) is 0.445. The number of aldehydes is 1. The number of allylic oxidation sites excluding steroid dienone is 1. The molecule has 0 heterocycles. The number of aryl methyl sites for hydroxylation is 1. The van der Waals surface area contributed by atoms with Gasteiger partial charge >= 0.3 is 5.97 Å². The summed E-state index contributed by atoms with van der Waals surface area (Å²) >= 11 is 0. The predicted octanol–water partition coefficient (Wildman–Crippen LogP) is 4.34. The van der Waals surface area contributed by atoms with Crippen LogP contribution in [0, 0.1) is 6.92 Å². The summed E-state index contributed by atoms with van der Waals surface area (Å²) in [6, 6.07) is 8.09. The van der Waals surface area contributed by atoms with Crippen LogP contribution in [0.1, 0.15) is 50.7 Å². The van der Waals surface area contributed by atoms with Crippen molar-refractivity contribution in [3.05, 3.63) is 41.0 Å². The highest BCUT2D eigenvalue weighted by molar-refractivity contribution is 5.82. The fourth-order valence-corrected chi connectivity index (χ4v) is 1.71. The van der Waals surface area contributed by atoms with Crippen LogP contribution in [0.25, 0.3) is 6.08 Å². The first-order valence-electron chi connectivity index (χ1n) is 7.37. The molecule has 0 aliphatic carbocycles. The van der Waals surface area contributed by atoms with Gasteiger partial charge in [-0.15, -0.1) is 0 Å². The second kappa shape index (κ2) is 11.9. The Morgan fingerprint density at radius 3 is 2.19 bits per heavy atom. The number of hydrogen-bond donors (Lipinski definition) is 0. The van der Waals surface area contributed by atoms with E-state index in [0.29, 0.717) is 6.42 Å². The molecular formula is C18H26O3. The third-order valence-electron chi connectivity index (χ3n) is 2.90. The molecule has 0 spiro atoms. The first-order valence-corrected chi connectivity index (χ1v) is 7.37. The highest BCUT2D eigenvalue weighted by atomic mass is 16.5. The van der Waals surface area contributed by atoms with Gasteiger partial charge in [-0.2, -0.15) is 0 Å². The maximum absolute atomic E-state index is 10.7. The third-order valence-corrected chi connectivity index (χ3v) is 2.90. The maximum Gasteiger partial charge on any atom is 0.305 e. The Morgan fingerprint density at radius 2 is 1.76 bits per heavy atom. The van der Waals surface area contributed by atoms with E-state index in [1.54, 1.807) is 0 Å². The van der Waals surface area contributed by atoms with E-state index in [9.17, 15) is 9.59 Å². The molecule has 116 valence electrons. The normalized spacial score (nSPS) is 10.4. The third kappa shape index (κ3) is 8.79. The van der Waals surface area contributed by atoms with Crippen LogP contribution in [-0.4, -0.2) is 19.4 Å². The minimum atomic E-state index is -0.123. The molecule has 0 unspecified atom stereocenters. The summed E-state index contributed by atoms with van der Waals surface area (Å²) < 4.78 is 4.35. The van der Waals surface area contributed by atoms with Gasteiger partial charge in [0.15, 0.2) is 0 Å². The molecule has 0 atom stereocenters. The SMILES string of the molecule is CCC/C(C=O)=C\c1ccccc1C.CCCC(=O)OC. The van der Waals surface area contributed by atoms with Crippen LogP contribution in [0.2, 0.25) is 0 Å². The molecule has 1 rings (SSSR count). The van der Waals surface area contributed by atoms with Crippen molar-refractivity contribution in [2.75, 3.05) is 7.11 Å². The second-order valence-electron chi connectivity index (χ2n) is 4.77. The van der Waals surface area contributed by atoms with Gasteiger partial charge in [0.25, 0.3) is 0 Å². The number of carbonyl (C=O) groups excluding carboxylic acids is 2. The van der Waals surface area contributed by atoms with Gasteiger partial charge in [0, 0.05) is 6.42 Å². The molecule has 0 aromatic heterocycles. The van der Waals surface area contributed by atoms with Gasteiger partial charge in [0.05, 0.1) is 7.11 Å². The lowest BCUT2D eigenvalue weighted by atomic mass is 10.0. The van der Waals surface area contributed by atoms with Gasteiger partial charge in [-0.05, 0) is 42.5 Å². The van der Waals surface area contributed by atoms with Crippen LogP contribution in [0.15, 0.2) is 29.8 Å². The summed E-state index contributed by atoms with van der Waals surface area (Å²) in [7, 11) is 1.40. The molecule has 3 nitrogen and oxygen atoms in total. The van der Waals surface area contributed by atoms with Crippen LogP contribution in [-0.2, 0) is 14.3 Å². The van der Waals surface area contributed by atoms with E-state index in [-0.39, 0.29) is 5.97 Å². The smallest absolute Gasteiger partial charge is 0.305 e. The summed E-state index contributed by atoms with van der Waals surface area (Å²) in [6.07, 6.45) is 6.21. The molecule has 0 saturated heterocycles. The molecule has 0 radical (unpaired) electrons. The van der Waals surface area contributed by atoms with E-state index in [2.05, 4.69) is 24.7 Å². The van der Waals surface area contributed by atoms with Gasteiger partial charge in [0.2, 0.25) is 0 Å². The monoisotopic (exact) mass is 290 g/mol. The highest BCUT2D eigenvalue weighted by Gasteiger charge is 1.97. The van der Waals surface area contributed by atoms with Crippen molar-refractivity contribution in [3.8, 4) is 0 Å². The Labute approximate surface area is 128 Å². The number of carbonyl (C=O) groups is 2. The first kappa shape index (κ1) is 19.1. The average molecular weight is 290 g/mol. The van der Waals surface area contributed by atoms with Crippen molar-refractivity contribution in [2.24, 2.45) is 0 Å². The standard InChI is InChI=1S/C13H16O.C5H10O2/c1-3-6-12(10-14)9-13-8-5-4-7-11(13)2;1-3-4-5(6)7-2/h4-5,7-10H,3,6H2,1-2H3;3-4H2,1-2H3/b12-9+;. The van der Waals surface area contributed by atoms with E-state index in [1.807, 2.05) is 31.2 Å². The van der Waals surface area contributed by atoms with E-state index in [1.165, 1.54) is 12.7 Å². The molecule has 0 aliphatic heterocycles. The molecule has 0 saturated carbocycles. The van der Waals surface area contributed by atoms with Gasteiger partial charge in [-0.25, -0.2) is 0 Å². The predicted molar refractivity (Wildman–Crippen MR) is 87.1 cm³/mol. The zero-order valence-electron chi connectivity index (χ0n) is 13.5. The summed E-state index contributed by atoms with van der Waals surface area (Å²) in [5, 5.41) is 0. The van der Waals surface area contributed by atoms with Crippen LogP contribution in [0.3, 0.4) is 0 Å². The molecule has 0 amide bonds. The van der Waals surface area contributed by atoms with Crippen LogP contribution >= 0.6 is 0 Å². The largest absolute Gasteiger partial charge is 0.469 e. The van der Waals surface area contributed by atoms with Crippen molar-refractivity contribution in [3.63, 3.8) is 0 Å². The Kier molecular flexibility index (Phi) is 10.8. The van der Waals surface area contributed by atoms with Gasteiger partial charge in [-0.1, -0.05) is 44.5 Å². The summed E-state index contributed by atoms with van der Waals surface area (Å²) in [6.45, 7) is 6.08. The molecular weight excluding hydrogens is 264 g/mol. The molecule has 0 N–H and O–H groups in total. The number of benzene rings is 1. The minimum absolute atomic E-state index is 0.123. The van der Waals surface area contributed by atoms with E-state index >= 15 is 0 Å². The van der Waals surface area contributed by atoms with Crippen LogP contribution in [0.4, 0.5) is 0 Å². The molecule has 1 aromatic rings. The lowest BCUT2D eigenvalue weighted by molar-refractivity contribution is -0.140. The average Bonchev–Trinajstić information content (AvgIpc) is 2.49. The zero-order chi connectivity index (χ0) is 16.1. The topological polar surface area (TPSA) is 43.4 Å². The van der Waals surface area contributed by atoms with Crippen LogP contribution < -0.4 is 0 Å². The Hall–Kier alpha value is -1.90. The zero-order valence-corrected chi connectivity index (χ0v) is 13.5. The molecule has 0 bridgehead atoms. The van der Waals surface area contributed by atoms with Crippen molar-refractivity contribution < 1.29 is 14.3 Å². The minimum Gasteiger partial charge on any atom is -0.469 e. The lowest BCUT2D eigenvalue weighted by Crippen LogP contribution is -1.97. The highest BCUT2D eigenvalue weighted by Crippen LogP contribution is 2.13. The van der Waals surface area contributed by atoms with Gasteiger partial charge in [0.1, 0.15) is 6.29 Å². The number of methoxy groups -OCH3 is 1. The lowest BCUT2D eigenvalue weighted by Gasteiger charge is -2.01. The summed E-state index contributed by atoms with van der Waals surface area (Å²) in [5.74, 6) is -0.123. The number of rotatable bonds is 6. The number of esters is 1. The Morgan fingerprint density at radius 1 is 1.14 bits per heavy atom. The second-order valence-corrected chi connectivity index (χ2v) is 4.77. The number of hydrogen-bond acceptors (Lipinski definition) is 3. The number of ether oxygens (including phenoxy) is 1. The summed E-state index contributed by atoms with van der Waals surface area (Å²) in [5.41, 5.74) is 3.23. The first-order chi connectivity index (χ1) is 10.1. The Bertz CT molecular complexity index is 461. The summed E-state index contributed by atoms with van der Waals surface area (Å²) in [4.78, 5) is 20.9. The fourth-order valence-electron chi connectivity index (χ4n) is 1.71. The van der Waals surface area contributed by atoms with Crippen molar-refractivity contribution in [1.82, 2.24) is 0 Å². The van der Waals surface area contributed by atoms with Gasteiger partial charge in [-0.3, -0.25) is 9.59 Å². The van der Waals surface area contributed by atoms with Crippen molar-refractivity contribution >= 4 is 18.3 Å². The molecule has 1 aromatic carbocycles.